The van der Waals surface area contributed by atoms with Crippen molar-refractivity contribution in [2.24, 2.45) is 23.2 Å². The van der Waals surface area contributed by atoms with Gasteiger partial charge in [0.05, 0.1) is 12.7 Å². The molecular weight excluding hydrogens is 517 g/mol. The highest BCUT2D eigenvalue weighted by atomic mass is 19.1. The number of phenols is 1. The number of aromatic hydroxyl groups is 1. The number of aliphatic hydroxyl groups is 1. The number of hydrogen-bond donors (Lipinski definition) is 2. The van der Waals surface area contributed by atoms with E-state index in [0.29, 0.717) is 44.4 Å². The molecule has 5 nitrogen and oxygen atoms in total. The third-order valence-electron chi connectivity index (χ3n) is 10.6. The Bertz CT molecular complexity index is 1160. The van der Waals surface area contributed by atoms with Crippen LogP contribution in [0.25, 0.3) is 0 Å². The first-order valence-electron chi connectivity index (χ1n) is 15.8. The number of alkyl halides is 1. The van der Waals surface area contributed by atoms with Gasteiger partial charge in [-0.2, -0.15) is 0 Å². The molecule has 0 heterocycles. The summed E-state index contributed by atoms with van der Waals surface area (Å²) in [6.07, 6.45) is 6.64. The van der Waals surface area contributed by atoms with Crippen LogP contribution in [0.15, 0.2) is 48.5 Å². The minimum absolute atomic E-state index is 0.169. The molecule has 2 fully saturated rings. The van der Waals surface area contributed by atoms with Crippen molar-refractivity contribution >= 4 is 5.91 Å². The van der Waals surface area contributed by atoms with Gasteiger partial charge in [-0.3, -0.25) is 4.79 Å². The third kappa shape index (κ3) is 6.49. The van der Waals surface area contributed by atoms with E-state index in [0.717, 1.165) is 62.5 Å². The number of fused-ring (bicyclic) bond motifs is 5. The molecule has 1 amide bonds. The van der Waals surface area contributed by atoms with Crippen molar-refractivity contribution in [3.63, 3.8) is 0 Å². The van der Waals surface area contributed by atoms with Gasteiger partial charge in [-0.15, -0.1) is 0 Å². The largest absolute Gasteiger partial charge is 0.508 e. The Morgan fingerprint density at radius 1 is 1.10 bits per heavy atom. The van der Waals surface area contributed by atoms with Gasteiger partial charge < -0.3 is 19.8 Å². The molecule has 4 unspecified atom stereocenters. The average molecular weight is 566 g/mol. The molecule has 0 spiro atoms. The number of aryl methyl sites for hydroxylation is 1. The standard InChI is InChI=1S/C35H48FNO4/c1-35-23-30(36)34-28-15-14-27(38)22-26(28)21-25(33(34)29(35)16-17-31(35)39)12-6-7-18-37(19-20-41-2)32(40)13-8-11-24-9-4-3-5-10-24/h3-5,9-10,14-15,22,25,29-31,33-34,38-39H,6-8,11-13,16-21,23H2,1-2H3/t25-,29?,30+,31+,33?,34?,35?/m1/s1. The fourth-order valence-electron chi connectivity index (χ4n) is 8.55. The lowest BCUT2D eigenvalue weighted by Crippen LogP contribution is -2.51. The molecule has 0 saturated heterocycles. The van der Waals surface area contributed by atoms with Crippen molar-refractivity contribution < 1.29 is 24.1 Å². The fraction of sp³-hybridized carbons (Fsp3) is 0.629. The van der Waals surface area contributed by atoms with E-state index in [1.807, 2.05) is 35.2 Å². The number of amides is 1. The maximum Gasteiger partial charge on any atom is 0.222 e. The lowest BCUT2D eigenvalue weighted by molar-refractivity contribution is -0.132. The van der Waals surface area contributed by atoms with Crippen molar-refractivity contribution in [1.82, 2.24) is 4.90 Å². The number of hydrogen-bond acceptors (Lipinski definition) is 4. The smallest absolute Gasteiger partial charge is 0.222 e. The summed E-state index contributed by atoms with van der Waals surface area (Å²) in [4.78, 5) is 15.1. The van der Waals surface area contributed by atoms with E-state index < -0.39 is 12.3 Å². The number of carbonyl (C=O) groups is 1. The van der Waals surface area contributed by atoms with Crippen LogP contribution >= 0.6 is 0 Å². The molecule has 2 aromatic rings. The van der Waals surface area contributed by atoms with Gasteiger partial charge in [0.25, 0.3) is 0 Å². The predicted octanol–water partition coefficient (Wildman–Crippen LogP) is 6.45. The van der Waals surface area contributed by atoms with Gasteiger partial charge in [-0.1, -0.05) is 49.7 Å². The van der Waals surface area contributed by atoms with E-state index in [1.165, 1.54) is 5.56 Å². The number of aliphatic hydroxyl groups excluding tert-OH is 1. The molecule has 0 aromatic heterocycles. The summed E-state index contributed by atoms with van der Waals surface area (Å²) >= 11 is 0. The van der Waals surface area contributed by atoms with Crippen LogP contribution in [0.1, 0.15) is 80.9 Å². The van der Waals surface area contributed by atoms with Gasteiger partial charge in [0.15, 0.2) is 0 Å². The van der Waals surface area contributed by atoms with Gasteiger partial charge in [-0.05, 0) is 103 Å². The van der Waals surface area contributed by atoms with E-state index in [4.69, 9.17) is 4.74 Å². The van der Waals surface area contributed by atoms with Gasteiger partial charge in [-0.25, -0.2) is 4.39 Å². The van der Waals surface area contributed by atoms with E-state index >= 15 is 4.39 Å². The highest BCUT2D eigenvalue weighted by Crippen LogP contribution is 2.63. The second-order valence-electron chi connectivity index (χ2n) is 13.1. The molecule has 6 heteroatoms. The Balaban J connectivity index is 1.22. The molecule has 0 radical (unpaired) electrons. The summed E-state index contributed by atoms with van der Waals surface area (Å²) in [5, 5.41) is 21.1. The maximum absolute atomic E-state index is 16.0. The molecule has 3 aliphatic carbocycles. The normalized spacial score (nSPS) is 30.3. The molecule has 5 rings (SSSR count). The van der Waals surface area contributed by atoms with Crippen LogP contribution in [0, 0.1) is 23.2 Å². The van der Waals surface area contributed by atoms with Crippen LogP contribution in [-0.4, -0.2) is 60.1 Å². The minimum atomic E-state index is -0.988. The quantitative estimate of drug-likeness (QED) is 0.290. The number of halogens is 1. The Labute approximate surface area is 245 Å². The van der Waals surface area contributed by atoms with E-state index in [1.54, 1.807) is 13.2 Å². The number of phenolic OH excluding ortho intramolecular Hbond substituents is 1. The molecule has 2 saturated carbocycles. The second kappa shape index (κ2) is 13.2. The SMILES string of the molecule is COCCN(CCCC[C@@H]1Cc2cc(O)ccc2C2C1C1CC[C@H](O)C1(C)C[C@@H]2F)C(=O)CCCc1ccccc1. The second-order valence-corrected chi connectivity index (χ2v) is 13.1. The van der Waals surface area contributed by atoms with Gasteiger partial charge in [0.2, 0.25) is 5.91 Å². The highest BCUT2D eigenvalue weighted by Gasteiger charge is 2.59. The maximum atomic E-state index is 16.0. The number of benzene rings is 2. The van der Waals surface area contributed by atoms with Crippen molar-refractivity contribution in [1.29, 1.82) is 0 Å². The van der Waals surface area contributed by atoms with Crippen LogP contribution in [0.2, 0.25) is 0 Å². The van der Waals surface area contributed by atoms with E-state index in [2.05, 4.69) is 19.1 Å². The zero-order valence-corrected chi connectivity index (χ0v) is 24.8. The predicted molar refractivity (Wildman–Crippen MR) is 160 cm³/mol. The van der Waals surface area contributed by atoms with Crippen LogP contribution in [0.5, 0.6) is 5.75 Å². The number of nitrogens with zero attached hydrogens (tertiary/aromatic N) is 1. The van der Waals surface area contributed by atoms with Gasteiger partial charge in [0, 0.05) is 32.5 Å². The lowest BCUT2D eigenvalue weighted by Gasteiger charge is -2.54. The Kier molecular flexibility index (Phi) is 9.70. The summed E-state index contributed by atoms with van der Waals surface area (Å²) < 4.78 is 21.3. The summed E-state index contributed by atoms with van der Waals surface area (Å²) in [5.74, 6) is 1.07. The molecule has 224 valence electrons. The molecular formula is C35H48FNO4. The average Bonchev–Trinajstić information content (AvgIpc) is 3.25. The van der Waals surface area contributed by atoms with E-state index in [9.17, 15) is 15.0 Å². The number of rotatable bonds is 12. The Morgan fingerprint density at radius 2 is 1.90 bits per heavy atom. The van der Waals surface area contributed by atoms with Gasteiger partial charge in [0.1, 0.15) is 11.9 Å². The summed E-state index contributed by atoms with van der Waals surface area (Å²) in [6, 6.07) is 15.8. The first kappa shape index (κ1) is 30.0. The first-order chi connectivity index (χ1) is 19.8. The molecule has 0 aliphatic heterocycles. The van der Waals surface area contributed by atoms with E-state index in [-0.39, 0.29) is 28.9 Å². The monoisotopic (exact) mass is 565 g/mol. The molecule has 41 heavy (non-hydrogen) atoms. The number of unbranched alkanes of at least 4 members (excludes halogenated alkanes) is 1. The topological polar surface area (TPSA) is 70.0 Å². The third-order valence-corrected chi connectivity index (χ3v) is 10.6. The van der Waals surface area contributed by atoms with Crippen LogP contribution in [0.3, 0.4) is 0 Å². The van der Waals surface area contributed by atoms with Crippen molar-refractivity contribution in [2.75, 3.05) is 26.8 Å². The summed E-state index contributed by atoms with van der Waals surface area (Å²) in [6.45, 7) is 3.94. The van der Waals surface area contributed by atoms with Crippen LogP contribution < -0.4 is 0 Å². The molecule has 2 aromatic carbocycles. The summed E-state index contributed by atoms with van der Waals surface area (Å²) in [7, 11) is 1.67. The molecule has 7 atom stereocenters. The molecule has 2 N–H and O–H groups in total. The molecule has 0 bridgehead atoms. The van der Waals surface area contributed by atoms with Crippen molar-refractivity contribution in [3.05, 3.63) is 65.2 Å². The zero-order valence-electron chi connectivity index (χ0n) is 24.8. The fourth-order valence-corrected chi connectivity index (χ4v) is 8.55. The Hall–Kier alpha value is -2.44. The highest BCUT2D eigenvalue weighted by molar-refractivity contribution is 5.76. The van der Waals surface area contributed by atoms with Gasteiger partial charge >= 0.3 is 0 Å². The van der Waals surface area contributed by atoms with Crippen molar-refractivity contribution in [3.8, 4) is 5.75 Å². The lowest BCUT2D eigenvalue weighted by atomic mass is 9.51. The number of carbonyl (C=O) groups excluding carboxylic acids is 1. The Morgan fingerprint density at radius 3 is 2.68 bits per heavy atom. The first-order valence-corrected chi connectivity index (χ1v) is 15.8. The van der Waals surface area contributed by atoms with Crippen molar-refractivity contribution in [2.45, 2.75) is 89.3 Å². The number of ether oxygens (including phenoxy) is 1. The zero-order chi connectivity index (χ0) is 29.0. The number of methoxy groups -OCH3 is 1. The van der Waals surface area contributed by atoms with Crippen LogP contribution in [-0.2, 0) is 22.4 Å². The minimum Gasteiger partial charge on any atom is -0.508 e. The summed E-state index contributed by atoms with van der Waals surface area (Å²) in [5.41, 5.74) is 3.04. The van der Waals surface area contributed by atoms with Crippen LogP contribution in [0.4, 0.5) is 4.39 Å². The molecule has 3 aliphatic rings.